The third-order valence-corrected chi connectivity index (χ3v) is 7.71. The van der Waals surface area contributed by atoms with Gasteiger partial charge in [-0.3, -0.25) is 4.79 Å². The van der Waals surface area contributed by atoms with E-state index >= 15 is 0 Å². The third-order valence-electron chi connectivity index (χ3n) is 4.58. The lowest BCUT2D eigenvalue weighted by atomic mass is 9.94. The average molecular weight is 305 g/mol. The Bertz CT molecular complexity index is 461. The van der Waals surface area contributed by atoms with Crippen LogP contribution < -0.4 is 10.9 Å². The number of rotatable bonds is 6. The zero-order chi connectivity index (χ0) is 15.3. The van der Waals surface area contributed by atoms with Gasteiger partial charge in [0.2, 0.25) is 5.91 Å². The van der Waals surface area contributed by atoms with Gasteiger partial charge in [0.05, 0.1) is 8.07 Å². The van der Waals surface area contributed by atoms with E-state index < -0.39 is 8.07 Å². The molecule has 2 rings (SSSR count). The molecule has 21 heavy (non-hydrogen) atoms. The Morgan fingerprint density at radius 2 is 2.05 bits per heavy atom. The molecule has 116 valence electrons. The number of carbonyl (C=O) groups is 1. The zero-order valence-corrected chi connectivity index (χ0v) is 14.3. The quantitative estimate of drug-likeness (QED) is 0.818. The molecule has 3 nitrogen and oxygen atoms in total. The van der Waals surface area contributed by atoms with Crippen LogP contribution in [0.2, 0.25) is 13.1 Å². The van der Waals surface area contributed by atoms with E-state index in [1.165, 1.54) is 30.7 Å². The van der Waals surface area contributed by atoms with Gasteiger partial charge >= 0.3 is 0 Å². The van der Waals surface area contributed by atoms with Crippen molar-refractivity contribution in [2.75, 3.05) is 19.3 Å². The Kier molecular flexibility index (Phi) is 5.59. The van der Waals surface area contributed by atoms with Crippen LogP contribution in [-0.4, -0.2) is 38.1 Å². The maximum absolute atomic E-state index is 11.0. The van der Waals surface area contributed by atoms with E-state index in [0.29, 0.717) is 12.3 Å². The summed E-state index contributed by atoms with van der Waals surface area (Å²) in [6.07, 6.45) is 5.21. The van der Waals surface area contributed by atoms with Gasteiger partial charge in [0.15, 0.2) is 0 Å². The van der Waals surface area contributed by atoms with Crippen LogP contribution in [0.15, 0.2) is 30.3 Å². The van der Waals surface area contributed by atoms with E-state index in [0.717, 1.165) is 13.0 Å². The molecule has 1 amide bonds. The summed E-state index contributed by atoms with van der Waals surface area (Å²) in [5, 5.41) is 1.53. The minimum Gasteiger partial charge on any atom is -0.370 e. The highest BCUT2D eigenvalue weighted by Crippen LogP contribution is 2.22. The number of piperidine rings is 1. The molecule has 1 unspecified atom stereocenters. The lowest BCUT2D eigenvalue weighted by Crippen LogP contribution is -2.53. The van der Waals surface area contributed by atoms with Gasteiger partial charge in [-0.15, -0.1) is 0 Å². The molecule has 1 atom stereocenters. The van der Waals surface area contributed by atoms with E-state index in [2.05, 4.69) is 48.3 Å². The topological polar surface area (TPSA) is 46.3 Å². The second-order valence-corrected chi connectivity index (χ2v) is 11.7. The van der Waals surface area contributed by atoms with Gasteiger partial charge in [0.1, 0.15) is 0 Å². The first-order valence-electron chi connectivity index (χ1n) is 8.03. The first-order chi connectivity index (χ1) is 9.97. The molecule has 1 heterocycles. The fraction of sp³-hybridized carbons (Fsp3) is 0.588. The van der Waals surface area contributed by atoms with Gasteiger partial charge in [0, 0.05) is 13.0 Å². The Balaban J connectivity index is 1.91. The summed E-state index contributed by atoms with van der Waals surface area (Å²) in [5.74, 6) is 0.484. The number of nitrogens with two attached hydrogens (primary N) is 1. The van der Waals surface area contributed by atoms with Crippen molar-refractivity contribution in [1.82, 2.24) is 4.90 Å². The van der Waals surface area contributed by atoms with E-state index in [1.54, 1.807) is 0 Å². The number of nitrogens with zero attached hydrogens (tertiary/aromatic N) is 1. The summed E-state index contributed by atoms with van der Waals surface area (Å²) < 4.78 is 0. The smallest absolute Gasteiger partial charge is 0.217 e. The van der Waals surface area contributed by atoms with Crippen molar-refractivity contribution in [2.24, 2.45) is 11.7 Å². The normalized spacial score (nSPS) is 20.4. The summed E-state index contributed by atoms with van der Waals surface area (Å²) in [5.41, 5.74) is 5.28. The van der Waals surface area contributed by atoms with Crippen LogP contribution in [-0.2, 0) is 4.79 Å². The number of primary amides is 1. The lowest BCUT2D eigenvalue weighted by Gasteiger charge is -2.37. The van der Waals surface area contributed by atoms with Crippen molar-refractivity contribution < 1.29 is 4.79 Å². The molecule has 4 heteroatoms. The van der Waals surface area contributed by atoms with Gasteiger partial charge in [-0.2, -0.15) is 0 Å². The van der Waals surface area contributed by atoms with E-state index in [1.807, 2.05) is 0 Å². The van der Waals surface area contributed by atoms with Crippen LogP contribution in [0.5, 0.6) is 0 Å². The Labute approximate surface area is 129 Å². The first kappa shape index (κ1) is 16.2. The molecule has 2 N–H and O–H groups in total. The highest BCUT2D eigenvalue weighted by atomic mass is 28.3. The lowest BCUT2D eigenvalue weighted by molar-refractivity contribution is -0.118. The fourth-order valence-corrected chi connectivity index (χ4v) is 6.10. The molecule has 0 aromatic heterocycles. The molecule has 0 radical (unpaired) electrons. The minimum atomic E-state index is -1.41. The van der Waals surface area contributed by atoms with Crippen molar-refractivity contribution in [3.8, 4) is 0 Å². The summed E-state index contributed by atoms with van der Waals surface area (Å²) in [7, 11) is -1.41. The van der Waals surface area contributed by atoms with Crippen molar-refractivity contribution in [2.45, 2.75) is 38.8 Å². The second kappa shape index (κ2) is 7.23. The number of benzene rings is 1. The van der Waals surface area contributed by atoms with Gasteiger partial charge < -0.3 is 10.6 Å². The summed E-state index contributed by atoms with van der Waals surface area (Å²) in [6, 6.07) is 10.9. The fourth-order valence-electron chi connectivity index (χ4n) is 3.42. The van der Waals surface area contributed by atoms with Gasteiger partial charge in [-0.05, 0) is 37.9 Å². The van der Waals surface area contributed by atoms with Crippen LogP contribution in [0.3, 0.4) is 0 Å². The van der Waals surface area contributed by atoms with Crippen molar-refractivity contribution >= 4 is 19.2 Å². The summed E-state index contributed by atoms with van der Waals surface area (Å²) in [4.78, 5) is 13.6. The molecule has 0 aliphatic carbocycles. The first-order valence-corrected chi connectivity index (χ1v) is 11.2. The summed E-state index contributed by atoms with van der Waals surface area (Å²) >= 11 is 0. The minimum absolute atomic E-state index is 0.161. The number of hydrogen-bond donors (Lipinski definition) is 1. The van der Waals surface area contributed by atoms with Gasteiger partial charge in [-0.1, -0.05) is 48.6 Å². The molecule has 1 aromatic rings. The maximum Gasteiger partial charge on any atom is 0.217 e. The van der Waals surface area contributed by atoms with Crippen LogP contribution >= 0.6 is 0 Å². The van der Waals surface area contributed by atoms with E-state index in [4.69, 9.17) is 5.73 Å². The molecule has 0 spiro atoms. The number of carbonyl (C=O) groups excluding carboxylic acids is 1. The molecular weight excluding hydrogens is 276 g/mol. The average Bonchev–Trinajstić information content (AvgIpc) is 2.46. The Morgan fingerprint density at radius 1 is 1.33 bits per heavy atom. The van der Waals surface area contributed by atoms with Crippen LogP contribution in [0.4, 0.5) is 0 Å². The van der Waals surface area contributed by atoms with Crippen LogP contribution in [0.1, 0.15) is 25.7 Å². The molecule has 1 aromatic carbocycles. The molecule has 1 aliphatic heterocycles. The van der Waals surface area contributed by atoms with Gasteiger partial charge in [-0.25, -0.2) is 0 Å². The van der Waals surface area contributed by atoms with Crippen molar-refractivity contribution in [1.29, 1.82) is 0 Å². The van der Waals surface area contributed by atoms with Crippen molar-refractivity contribution in [3.63, 3.8) is 0 Å². The highest BCUT2D eigenvalue weighted by Gasteiger charge is 2.29. The monoisotopic (exact) mass is 304 g/mol. The maximum atomic E-state index is 11.0. The van der Waals surface area contributed by atoms with Crippen LogP contribution in [0.25, 0.3) is 0 Å². The van der Waals surface area contributed by atoms with Crippen molar-refractivity contribution in [3.05, 3.63) is 30.3 Å². The van der Waals surface area contributed by atoms with E-state index in [-0.39, 0.29) is 5.91 Å². The Hall–Kier alpha value is -1.13. The molecular formula is C17H28N2OSi. The molecule has 1 fully saturated rings. The molecule has 1 aliphatic rings. The summed E-state index contributed by atoms with van der Waals surface area (Å²) in [6.45, 7) is 7.25. The van der Waals surface area contributed by atoms with Gasteiger partial charge in [0.25, 0.3) is 0 Å². The largest absolute Gasteiger partial charge is 0.370 e. The number of amides is 1. The van der Waals surface area contributed by atoms with Crippen LogP contribution in [0, 0.1) is 5.92 Å². The highest BCUT2D eigenvalue weighted by molar-refractivity contribution is 6.89. The molecule has 0 bridgehead atoms. The molecule has 1 saturated heterocycles. The standard InChI is InChI=1S/C17H28N2OSi/c1-21(2,16-8-4-3-5-9-16)14-19-12-6-7-15(13-19)10-11-17(18)20/h3-5,8-9,15H,6-7,10-14H2,1-2H3,(H2,18,20). The van der Waals surface area contributed by atoms with E-state index in [9.17, 15) is 4.79 Å². The predicted octanol–water partition coefficient (Wildman–Crippen LogP) is 2.12. The molecule has 0 saturated carbocycles. The number of likely N-dealkylation sites (tertiary alicyclic amines) is 1. The zero-order valence-electron chi connectivity index (χ0n) is 13.3. The third kappa shape index (κ3) is 4.97. The second-order valence-electron chi connectivity index (χ2n) is 7.00. The number of hydrogen-bond acceptors (Lipinski definition) is 2. The Morgan fingerprint density at radius 3 is 2.71 bits per heavy atom. The SMILES string of the molecule is C[Si](C)(CN1CCCC(CCC(N)=O)C1)c1ccccc1. The predicted molar refractivity (Wildman–Crippen MR) is 91.2 cm³/mol.